The molecule has 2 saturated heterocycles. The van der Waals surface area contributed by atoms with Gasteiger partial charge in [-0.25, -0.2) is 0 Å². The topological polar surface area (TPSA) is 43.4 Å². The third-order valence-electron chi connectivity index (χ3n) is 7.01. The average molecular weight is 485 g/mol. The summed E-state index contributed by atoms with van der Waals surface area (Å²) in [6.45, 7) is 8.67. The number of hydrogen-bond donors (Lipinski definition) is 0. The molecule has 6 rings (SSSR count). The van der Waals surface area contributed by atoms with Gasteiger partial charge in [-0.2, -0.15) is 0 Å². The summed E-state index contributed by atoms with van der Waals surface area (Å²) in [6.07, 6.45) is -1.56. The van der Waals surface area contributed by atoms with Crippen molar-refractivity contribution in [3.05, 3.63) is 107 Å². The highest BCUT2D eigenvalue weighted by Gasteiger charge is 2.47. The third kappa shape index (κ3) is 4.20. The summed E-state index contributed by atoms with van der Waals surface area (Å²) in [5.41, 5.74) is 7.74. The van der Waals surface area contributed by atoms with E-state index in [0.717, 1.165) is 22.6 Å². The molecule has 0 aromatic heterocycles. The second-order valence-electron chi connectivity index (χ2n) is 9.71. The fraction of sp³-hybridized carbons (Fsp3) is 0.333. The lowest BCUT2D eigenvalue weighted by molar-refractivity contribution is -0.370. The summed E-state index contributed by atoms with van der Waals surface area (Å²) < 4.78 is 24.4. The van der Waals surface area contributed by atoms with Crippen molar-refractivity contribution in [1.29, 1.82) is 0 Å². The molecule has 2 fully saturated rings. The van der Waals surface area contributed by atoms with Crippen LogP contribution in [-0.4, -0.2) is 31.7 Å². The van der Waals surface area contributed by atoms with Gasteiger partial charge in [-0.05, 0) is 57.5 Å². The predicted molar refractivity (Wildman–Crippen MR) is 139 cm³/mol. The van der Waals surface area contributed by atoms with E-state index in [0.29, 0.717) is 6.54 Å². The molecule has 0 saturated carbocycles. The van der Waals surface area contributed by atoms with Crippen LogP contribution in [0.4, 0.5) is 11.4 Å². The molecule has 0 aliphatic carbocycles. The van der Waals surface area contributed by atoms with Crippen molar-refractivity contribution in [2.45, 2.75) is 59.0 Å². The molecule has 1 atom stereocenters. The van der Waals surface area contributed by atoms with Gasteiger partial charge in [0.1, 0.15) is 6.17 Å². The van der Waals surface area contributed by atoms with Crippen LogP contribution in [0.3, 0.4) is 0 Å². The minimum Gasteiger partial charge on any atom is -0.343 e. The number of aryl methyl sites for hydroxylation is 2. The highest BCUT2D eigenvalue weighted by molar-refractivity contribution is 5.65. The Balaban J connectivity index is 1.57. The number of hydrogen-bond acceptors (Lipinski definition) is 6. The first-order valence-corrected chi connectivity index (χ1v) is 12.6. The Labute approximate surface area is 212 Å². The van der Waals surface area contributed by atoms with Gasteiger partial charge in [-0.1, -0.05) is 65.7 Å². The lowest BCUT2D eigenvalue weighted by atomic mass is 9.98. The van der Waals surface area contributed by atoms with Gasteiger partial charge in [0.25, 0.3) is 0 Å². The first-order chi connectivity index (χ1) is 17.5. The van der Waals surface area contributed by atoms with Crippen LogP contribution in [0.25, 0.3) is 0 Å². The number of nitrogens with zero attached hydrogens (tertiary/aromatic N) is 2. The van der Waals surface area contributed by atoms with E-state index in [1.54, 1.807) is 0 Å². The van der Waals surface area contributed by atoms with Gasteiger partial charge in [-0.3, -0.25) is 0 Å². The van der Waals surface area contributed by atoms with Crippen LogP contribution >= 0.6 is 0 Å². The molecule has 3 aromatic rings. The Bertz CT molecular complexity index is 1230. The predicted octanol–water partition coefficient (Wildman–Crippen LogP) is 6.02. The van der Waals surface area contributed by atoms with Crippen LogP contribution in [-0.2, 0) is 18.9 Å². The molecular weight excluding hydrogens is 452 g/mol. The Hall–Kier alpha value is -3.16. The molecule has 36 heavy (non-hydrogen) atoms. The van der Waals surface area contributed by atoms with Gasteiger partial charge in [0.15, 0.2) is 18.9 Å². The zero-order valence-corrected chi connectivity index (χ0v) is 21.1. The smallest absolute Gasteiger partial charge is 0.204 e. The van der Waals surface area contributed by atoms with Crippen LogP contribution in [0.2, 0.25) is 0 Å². The van der Waals surface area contributed by atoms with Gasteiger partial charge in [0, 0.05) is 23.5 Å². The van der Waals surface area contributed by atoms with Gasteiger partial charge >= 0.3 is 0 Å². The summed E-state index contributed by atoms with van der Waals surface area (Å²) in [4.78, 5) is 4.74. The summed E-state index contributed by atoms with van der Waals surface area (Å²) in [7, 11) is 0. The molecule has 0 bridgehead atoms. The van der Waals surface area contributed by atoms with Crippen molar-refractivity contribution in [2.75, 3.05) is 16.3 Å². The van der Waals surface area contributed by atoms with E-state index in [-0.39, 0.29) is 18.7 Å². The zero-order chi connectivity index (χ0) is 24.8. The number of benzene rings is 3. The van der Waals surface area contributed by atoms with Crippen LogP contribution in [0.1, 0.15) is 36.7 Å². The summed E-state index contributed by atoms with van der Waals surface area (Å²) >= 11 is 0. The molecule has 0 spiro atoms. The van der Waals surface area contributed by atoms with Crippen molar-refractivity contribution in [2.24, 2.45) is 0 Å². The quantitative estimate of drug-likeness (QED) is 0.441. The van der Waals surface area contributed by atoms with Crippen LogP contribution in [0.5, 0.6) is 0 Å². The van der Waals surface area contributed by atoms with Gasteiger partial charge in [0.2, 0.25) is 6.29 Å². The van der Waals surface area contributed by atoms with Crippen LogP contribution in [0, 0.1) is 13.8 Å². The van der Waals surface area contributed by atoms with Crippen molar-refractivity contribution < 1.29 is 18.9 Å². The standard InChI is InChI=1S/C30H32N2O4/c1-19-10-14-24(15-11-19)31-18-26(29-33-21(3)34-29)27(30-35-22(4)36-30)32(25-16-12-20(2)13-17-25)28(31)23-8-6-5-7-9-23/h5-17,21-22,28-30H,18H2,1-4H3. The minimum absolute atomic E-state index is 0.129. The largest absolute Gasteiger partial charge is 0.343 e. The summed E-state index contributed by atoms with van der Waals surface area (Å²) in [5.74, 6) is 0. The number of anilines is 2. The van der Waals surface area contributed by atoms with Gasteiger partial charge in [-0.15, -0.1) is 0 Å². The number of rotatable bonds is 5. The summed E-state index contributed by atoms with van der Waals surface area (Å²) in [6, 6.07) is 27.9. The monoisotopic (exact) mass is 484 g/mol. The molecule has 3 aromatic carbocycles. The lowest BCUT2D eigenvalue weighted by Crippen LogP contribution is -2.57. The van der Waals surface area contributed by atoms with Crippen molar-refractivity contribution in [1.82, 2.24) is 0 Å². The molecule has 0 amide bonds. The summed E-state index contributed by atoms with van der Waals surface area (Å²) in [5, 5.41) is 0. The Morgan fingerprint density at radius 2 is 1.17 bits per heavy atom. The molecule has 6 heteroatoms. The molecule has 1 unspecified atom stereocenters. The molecule has 0 radical (unpaired) electrons. The Kier molecular flexibility index (Phi) is 6.05. The van der Waals surface area contributed by atoms with E-state index in [9.17, 15) is 0 Å². The highest BCUT2D eigenvalue weighted by Crippen LogP contribution is 2.46. The maximum atomic E-state index is 6.12. The SMILES string of the molecule is Cc1ccc(N2CC(C3OC(C)O3)=C(C3OC(C)O3)N(c3ccc(C)cc3)C2c2ccccc2)cc1. The van der Waals surface area contributed by atoms with Crippen LogP contribution in [0.15, 0.2) is 90.1 Å². The van der Waals surface area contributed by atoms with E-state index >= 15 is 0 Å². The zero-order valence-electron chi connectivity index (χ0n) is 21.1. The van der Waals surface area contributed by atoms with E-state index < -0.39 is 12.6 Å². The third-order valence-corrected chi connectivity index (χ3v) is 7.01. The van der Waals surface area contributed by atoms with Crippen molar-refractivity contribution in [3.8, 4) is 0 Å². The van der Waals surface area contributed by atoms with E-state index in [1.165, 1.54) is 16.7 Å². The molecule has 0 N–H and O–H groups in total. The molecule has 6 nitrogen and oxygen atoms in total. The maximum Gasteiger partial charge on any atom is 0.204 e. The Morgan fingerprint density at radius 3 is 1.72 bits per heavy atom. The normalized spacial score (nSPS) is 28.1. The second-order valence-corrected chi connectivity index (χ2v) is 9.71. The highest BCUT2D eigenvalue weighted by atomic mass is 16.9. The molecular formula is C30H32N2O4. The second kappa shape index (κ2) is 9.37. The Morgan fingerprint density at radius 1 is 0.639 bits per heavy atom. The first-order valence-electron chi connectivity index (χ1n) is 12.6. The first kappa shape index (κ1) is 23.3. The molecule has 186 valence electrons. The van der Waals surface area contributed by atoms with Crippen molar-refractivity contribution in [3.63, 3.8) is 0 Å². The van der Waals surface area contributed by atoms with E-state index in [4.69, 9.17) is 18.9 Å². The van der Waals surface area contributed by atoms with Crippen molar-refractivity contribution >= 4 is 11.4 Å². The minimum atomic E-state index is -0.495. The lowest BCUT2D eigenvalue weighted by Gasteiger charge is -2.53. The molecule has 3 heterocycles. The van der Waals surface area contributed by atoms with E-state index in [2.05, 4.69) is 103 Å². The fourth-order valence-electron chi connectivity index (χ4n) is 5.16. The maximum absolute atomic E-state index is 6.12. The van der Waals surface area contributed by atoms with Gasteiger partial charge in [0.05, 0.1) is 5.70 Å². The molecule has 3 aliphatic heterocycles. The number of ether oxygens (including phenoxy) is 4. The van der Waals surface area contributed by atoms with E-state index in [1.807, 2.05) is 13.8 Å². The molecule has 3 aliphatic rings. The van der Waals surface area contributed by atoms with Crippen LogP contribution < -0.4 is 9.80 Å². The fourth-order valence-corrected chi connectivity index (χ4v) is 5.16. The van der Waals surface area contributed by atoms with Gasteiger partial charge < -0.3 is 28.7 Å². The average Bonchev–Trinajstić information content (AvgIpc) is 2.85.